The van der Waals surface area contributed by atoms with E-state index in [-0.39, 0.29) is 11.7 Å². The van der Waals surface area contributed by atoms with Gasteiger partial charge in [0.05, 0.1) is 6.21 Å². The van der Waals surface area contributed by atoms with Crippen molar-refractivity contribution in [2.45, 2.75) is 0 Å². The van der Waals surface area contributed by atoms with E-state index in [2.05, 4.69) is 10.5 Å². The summed E-state index contributed by atoms with van der Waals surface area (Å²) in [5, 5.41) is 16.4. The van der Waals surface area contributed by atoms with E-state index in [1.54, 1.807) is 24.3 Å². The van der Waals surface area contributed by atoms with E-state index < -0.39 is 0 Å². The van der Waals surface area contributed by atoms with Gasteiger partial charge in [-0.2, -0.15) is 5.10 Å². The number of phenolic OH excluding ortho intramolecular Hbond substituents is 1. The lowest BCUT2D eigenvalue weighted by molar-refractivity contribution is -0.116. The van der Waals surface area contributed by atoms with Crippen molar-refractivity contribution in [2.75, 3.05) is 0 Å². The fourth-order valence-electron chi connectivity index (χ4n) is 2.36. The average Bonchev–Trinajstić information content (AvgIpc) is 2.63. The van der Waals surface area contributed by atoms with Gasteiger partial charge in [-0.05, 0) is 40.6 Å². The van der Waals surface area contributed by atoms with Gasteiger partial charge in [0, 0.05) is 16.7 Å². The molecule has 0 saturated heterocycles. The summed E-state index contributed by atoms with van der Waals surface area (Å²) >= 11 is 5.81. The number of hydrogen-bond donors (Lipinski definition) is 2. The molecule has 0 spiro atoms. The van der Waals surface area contributed by atoms with Gasteiger partial charge in [-0.15, -0.1) is 0 Å². The van der Waals surface area contributed by atoms with Crippen LogP contribution in [0.1, 0.15) is 11.1 Å². The van der Waals surface area contributed by atoms with Gasteiger partial charge < -0.3 is 5.11 Å². The van der Waals surface area contributed by atoms with E-state index in [1.165, 1.54) is 12.3 Å². The molecule has 0 unspecified atom stereocenters. The summed E-state index contributed by atoms with van der Waals surface area (Å²) in [6.07, 6.45) is 4.48. The monoisotopic (exact) mass is 350 g/mol. The SMILES string of the molecule is O=C(/C=C/c1ccc(Cl)cc1)N/N=C\c1c(O)ccc2ccccc12. The van der Waals surface area contributed by atoms with Crippen LogP contribution in [0, 0.1) is 0 Å². The summed E-state index contributed by atoms with van der Waals surface area (Å²) < 4.78 is 0. The van der Waals surface area contributed by atoms with Crippen LogP contribution in [0.5, 0.6) is 5.75 Å². The maximum absolute atomic E-state index is 11.8. The first-order valence-corrected chi connectivity index (χ1v) is 7.99. The molecule has 0 saturated carbocycles. The van der Waals surface area contributed by atoms with Crippen molar-refractivity contribution in [3.8, 4) is 5.75 Å². The average molecular weight is 351 g/mol. The fourth-order valence-corrected chi connectivity index (χ4v) is 2.49. The highest BCUT2D eigenvalue weighted by atomic mass is 35.5. The zero-order valence-corrected chi connectivity index (χ0v) is 13.9. The van der Waals surface area contributed by atoms with Gasteiger partial charge in [-0.1, -0.05) is 54.1 Å². The second kappa shape index (κ2) is 7.64. The Hall–Kier alpha value is -3.11. The lowest BCUT2D eigenvalue weighted by atomic mass is 10.0. The van der Waals surface area contributed by atoms with E-state index in [1.807, 2.05) is 42.5 Å². The largest absolute Gasteiger partial charge is 0.507 e. The number of fused-ring (bicyclic) bond motifs is 1. The Labute approximate surface area is 150 Å². The number of phenols is 1. The second-order valence-electron chi connectivity index (χ2n) is 5.34. The summed E-state index contributed by atoms with van der Waals surface area (Å²) in [4.78, 5) is 11.8. The van der Waals surface area contributed by atoms with Crippen molar-refractivity contribution < 1.29 is 9.90 Å². The van der Waals surface area contributed by atoms with E-state index in [4.69, 9.17) is 11.6 Å². The summed E-state index contributed by atoms with van der Waals surface area (Å²) in [6.45, 7) is 0. The molecule has 0 aromatic heterocycles. The van der Waals surface area contributed by atoms with E-state index in [9.17, 15) is 9.90 Å². The van der Waals surface area contributed by atoms with Crippen molar-refractivity contribution in [3.63, 3.8) is 0 Å². The first-order valence-electron chi connectivity index (χ1n) is 7.61. The smallest absolute Gasteiger partial charge is 0.264 e. The van der Waals surface area contributed by atoms with Crippen molar-refractivity contribution in [1.82, 2.24) is 5.43 Å². The quantitative estimate of drug-likeness (QED) is 0.417. The molecule has 25 heavy (non-hydrogen) atoms. The molecule has 124 valence electrons. The van der Waals surface area contributed by atoms with Crippen molar-refractivity contribution in [1.29, 1.82) is 0 Å². The first-order chi connectivity index (χ1) is 12.1. The lowest BCUT2D eigenvalue weighted by Gasteiger charge is -2.04. The summed E-state index contributed by atoms with van der Waals surface area (Å²) in [5.41, 5.74) is 3.82. The Balaban J connectivity index is 1.70. The van der Waals surface area contributed by atoms with Gasteiger partial charge in [0.25, 0.3) is 5.91 Å². The molecule has 0 bridgehead atoms. The highest BCUT2D eigenvalue weighted by molar-refractivity contribution is 6.30. The van der Waals surface area contributed by atoms with Crippen LogP contribution in [0.4, 0.5) is 0 Å². The normalized spacial score (nSPS) is 11.4. The van der Waals surface area contributed by atoms with E-state index >= 15 is 0 Å². The van der Waals surface area contributed by atoms with Crippen LogP contribution in [0.15, 0.2) is 71.8 Å². The second-order valence-corrected chi connectivity index (χ2v) is 5.78. The molecular formula is C20H15ClN2O2. The molecule has 0 aliphatic carbocycles. The molecule has 0 aliphatic heterocycles. The third-order valence-corrected chi connectivity index (χ3v) is 3.87. The fraction of sp³-hybridized carbons (Fsp3) is 0. The number of halogens is 1. The number of nitrogens with zero attached hydrogens (tertiary/aromatic N) is 1. The van der Waals surface area contributed by atoms with Gasteiger partial charge in [-0.3, -0.25) is 4.79 Å². The van der Waals surface area contributed by atoms with Gasteiger partial charge >= 0.3 is 0 Å². The molecule has 0 aliphatic rings. The highest BCUT2D eigenvalue weighted by Gasteiger charge is 2.04. The molecule has 0 atom stereocenters. The number of carbonyl (C=O) groups excluding carboxylic acids is 1. The number of hydrogen-bond acceptors (Lipinski definition) is 3. The predicted molar refractivity (Wildman–Crippen MR) is 102 cm³/mol. The van der Waals surface area contributed by atoms with Crippen LogP contribution in [0.25, 0.3) is 16.8 Å². The number of nitrogens with one attached hydrogen (secondary N) is 1. The summed E-state index contributed by atoms with van der Waals surface area (Å²) in [6, 6.07) is 18.2. The third kappa shape index (κ3) is 4.25. The maximum Gasteiger partial charge on any atom is 0.264 e. The van der Waals surface area contributed by atoms with Gasteiger partial charge in [0.15, 0.2) is 0 Å². The Kier molecular flexibility index (Phi) is 5.11. The molecule has 1 amide bonds. The number of aromatic hydroxyl groups is 1. The highest BCUT2D eigenvalue weighted by Crippen LogP contribution is 2.25. The zero-order chi connectivity index (χ0) is 17.6. The minimum Gasteiger partial charge on any atom is -0.507 e. The van der Waals surface area contributed by atoms with Gasteiger partial charge in [0.2, 0.25) is 0 Å². The van der Waals surface area contributed by atoms with E-state index in [0.29, 0.717) is 10.6 Å². The molecule has 2 N–H and O–H groups in total. The Morgan fingerprint density at radius 3 is 2.60 bits per heavy atom. The van der Waals surface area contributed by atoms with Gasteiger partial charge in [-0.25, -0.2) is 5.43 Å². The Bertz CT molecular complexity index is 963. The standard InChI is InChI=1S/C20H15ClN2O2/c21-16-9-5-14(6-10-16)7-12-20(25)23-22-13-18-17-4-2-1-3-15(17)8-11-19(18)24/h1-13,24H,(H,23,25)/b12-7+,22-13-. The van der Waals surface area contributed by atoms with Crippen LogP contribution >= 0.6 is 11.6 Å². The number of benzene rings is 3. The minimum absolute atomic E-state index is 0.105. The molecule has 3 rings (SSSR count). The first kappa shape index (κ1) is 16.7. The van der Waals surface area contributed by atoms with Crippen LogP contribution in [0.3, 0.4) is 0 Å². The van der Waals surface area contributed by atoms with Crippen LogP contribution in [-0.4, -0.2) is 17.2 Å². The number of amides is 1. The molecule has 0 heterocycles. The van der Waals surface area contributed by atoms with Crippen molar-refractivity contribution in [2.24, 2.45) is 5.10 Å². The maximum atomic E-state index is 11.8. The molecule has 0 fully saturated rings. The molecule has 3 aromatic carbocycles. The number of rotatable bonds is 4. The Morgan fingerprint density at radius 2 is 1.80 bits per heavy atom. The lowest BCUT2D eigenvalue weighted by Crippen LogP contribution is -2.14. The molecule has 5 heteroatoms. The van der Waals surface area contributed by atoms with Crippen molar-refractivity contribution >= 4 is 40.6 Å². The number of carbonyl (C=O) groups is 1. The van der Waals surface area contributed by atoms with Gasteiger partial charge in [0.1, 0.15) is 5.75 Å². The zero-order valence-electron chi connectivity index (χ0n) is 13.2. The molecule has 0 radical (unpaired) electrons. The molecule has 4 nitrogen and oxygen atoms in total. The van der Waals surface area contributed by atoms with E-state index in [0.717, 1.165) is 16.3 Å². The van der Waals surface area contributed by atoms with Crippen LogP contribution in [-0.2, 0) is 4.79 Å². The summed E-state index contributed by atoms with van der Waals surface area (Å²) in [5.74, 6) is -0.265. The van der Waals surface area contributed by atoms with Crippen LogP contribution in [0.2, 0.25) is 5.02 Å². The minimum atomic E-state index is -0.370. The molecular weight excluding hydrogens is 336 g/mol. The topological polar surface area (TPSA) is 61.7 Å². The van der Waals surface area contributed by atoms with Crippen molar-refractivity contribution in [3.05, 3.63) is 82.9 Å². The summed E-state index contributed by atoms with van der Waals surface area (Å²) in [7, 11) is 0. The number of hydrazone groups is 1. The van der Waals surface area contributed by atoms with Crippen LogP contribution < -0.4 is 5.43 Å². The predicted octanol–water partition coefficient (Wildman–Crippen LogP) is 4.36. The molecule has 3 aromatic rings. The third-order valence-electron chi connectivity index (χ3n) is 3.61. The Morgan fingerprint density at radius 1 is 1.04 bits per heavy atom.